The van der Waals surface area contributed by atoms with Crippen molar-refractivity contribution in [3.8, 4) is 0 Å². The maximum Gasteiger partial charge on any atom is 0.306 e. The molecule has 0 atom stereocenters. The van der Waals surface area contributed by atoms with Crippen LogP contribution >= 0.6 is 11.8 Å². The second kappa shape index (κ2) is 7.63. The molecule has 1 rings (SSSR count). The molecule has 0 saturated carbocycles. The summed E-state index contributed by atoms with van der Waals surface area (Å²) >= 11 is 1.54. The van der Waals surface area contributed by atoms with Crippen molar-refractivity contribution in [2.75, 3.05) is 25.2 Å². The Labute approximate surface area is 115 Å². The number of nitrogens with one attached hydrogen (secondary N) is 1. The third-order valence-corrected chi connectivity index (χ3v) is 3.52. The highest BCUT2D eigenvalue weighted by atomic mass is 32.2. The average Bonchev–Trinajstić information content (AvgIpc) is 2.42. The molecule has 7 heteroatoms. The van der Waals surface area contributed by atoms with E-state index in [9.17, 15) is 14.9 Å². The van der Waals surface area contributed by atoms with Gasteiger partial charge in [-0.05, 0) is 5.56 Å². The lowest BCUT2D eigenvalue weighted by molar-refractivity contribution is -0.384. The number of benzene rings is 1. The number of esters is 1. The molecule has 0 amide bonds. The fraction of sp³-hybridized carbons (Fsp3) is 0.417. The van der Waals surface area contributed by atoms with Crippen molar-refractivity contribution in [2.45, 2.75) is 12.2 Å². The minimum absolute atomic E-state index is 0.0635. The van der Waals surface area contributed by atoms with Crippen LogP contribution in [0.2, 0.25) is 0 Å². The van der Waals surface area contributed by atoms with Gasteiger partial charge >= 0.3 is 5.97 Å². The monoisotopic (exact) mass is 284 g/mol. The quantitative estimate of drug-likeness (QED) is 0.358. The van der Waals surface area contributed by atoms with Gasteiger partial charge in [0.2, 0.25) is 0 Å². The van der Waals surface area contributed by atoms with Crippen LogP contribution in [0.3, 0.4) is 0 Å². The van der Waals surface area contributed by atoms with E-state index in [0.29, 0.717) is 23.6 Å². The van der Waals surface area contributed by atoms with E-state index in [4.69, 9.17) is 0 Å². The number of hydrogen-bond donors (Lipinski definition) is 1. The topological polar surface area (TPSA) is 81.5 Å². The Morgan fingerprint density at radius 3 is 2.84 bits per heavy atom. The second-order valence-electron chi connectivity index (χ2n) is 3.70. The summed E-state index contributed by atoms with van der Waals surface area (Å²) in [7, 11) is 3.01. The molecule has 0 aliphatic rings. The van der Waals surface area contributed by atoms with E-state index in [-0.39, 0.29) is 11.7 Å². The Hall–Kier alpha value is -1.76. The van der Waals surface area contributed by atoms with Crippen molar-refractivity contribution in [1.29, 1.82) is 0 Å². The summed E-state index contributed by atoms with van der Waals surface area (Å²) < 4.78 is 4.54. The largest absolute Gasteiger partial charge is 0.469 e. The summed E-state index contributed by atoms with van der Waals surface area (Å²) in [5.41, 5.74) is 1.44. The van der Waals surface area contributed by atoms with Gasteiger partial charge in [-0.2, -0.15) is 11.8 Å². The van der Waals surface area contributed by atoms with Gasteiger partial charge in [0.1, 0.15) is 5.69 Å². The summed E-state index contributed by atoms with van der Waals surface area (Å²) in [6.45, 7) is 0. The molecule has 6 nitrogen and oxygen atoms in total. The van der Waals surface area contributed by atoms with Gasteiger partial charge < -0.3 is 10.1 Å². The number of methoxy groups -OCH3 is 1. The normalized spacial score (nSPS) is 10.0. The SMILES string of the molecule is CNc1c(CSCCC(=O)OC)cccc1[N+](=O)[O-]. The summed E-state index contributed by atoms with van der Waals surface area (Å²) in [4.78, 5) is 21.4. The number of nitro groups is 1. The highest BCUT2D eigenvalue weighted by Crippen LogP contribution is 2.30. The van der Waals surface area contributed by atoms with Crippen LogP contribution in [-0.2, 0) is 15.3 Å². The molecule has 1 N–H and O–H groups in total. The Morgan fingerprint density at radius 2 is 2.26 bits per heavy atom. The molecular weight excluding hydrogens is 268 g/mol. The van der Waals surface area contributed by atoms with Gasteiger partial charge in [-0.1, -0.05) is 12.1 Å². The molecule has 0 aromatic heterocycles. The number of anilines is 1. The molecule has 104 valence electrons. The van der Waals surface area contributed by atoms with E-state index in [1.165, 1.54) is 24.9 Å². The Balaban J connectivity index is 2.65. The molecule has 1 aromatic carbocycles. The molecule has 0 aliphatic carbocycles. The first-order valence-electron chi connectivity index (χ1n) is 5.68. The molecule has 0 bridgehead atoms. The molecule has 0 spiro atoms. The molecule has 0 aliphatic heterocycles. The number of carbonyl (C=O) groups excluding carboxylic acids is 1. The Morgan fingerprint density at radius 1 is 1.53 bits per heavy atom. The maximum absolute atomic E-state index is 11.0. The van der Waals surface area contributed by atoms with Crippen LogP contribution in [0.15, 0.2) is 18.2 Å². The van der Waals surface area contributed by atoms with E-state index in [0.717, 1.165) is 5.56 Å². The van der Waals surface area contributed by atoms with Crippen LogP contribution in [0.25, 0.3) is 0 Å². The van der Waals surface area contributed by atoms with Crippen LogP contribution < -0.4 is 5.32 Å². The zero-order valence-corrected chi connectivity index (χ0v) is 11.7. The van der Waals surface area contributed by atoms with Crippen LogP contribution in [0, 0.1) is 10.1 Å². The molecule has 0 heterocycles. The summed E-state index contributed by atoms with van der Waals surface area (Å²) in [6.07, 6.45) is 0.338. The van der Waals surface area contributed by atoms with Gasteiger partial charge in [0.15, 0.2) is 0 Å². The summed E-state index contributed by atoms with van der Waals surface area (Å²) in [5, 5.41) is 13.7. The minimum Gasteiger partial charge on any atom is -0.469 e. The maximum atomic E-state index is 11.0. The lowest BCUT2D eigenvalue weighted by atomic mass is 10.1. The average molecular weight is 284 g/mol. The number of nitrogens with zero attached hydrogens (tertiary/aromatic N) is 1. The molecule has 0 fully saturated rings. The number of para-hydroxylation sites is 1. The number of nitro benzene ring substituents is 1. The number of ether oxygens (including phenoxy) is 1. The fourth-order valence-electron chi connectivity index (χ4n) is 1.59. The fourth-order valence-corrected chi connectivity index (χ4v) is 2.50. The van der Waals surface area contributed by atoms with Crippen molar-refractivity contribution in [2.24, 2.45) is 0 Å². The third kappa shape index (κ3) is 4.44. The van der Waals surface area contributed by atoms with E-state index in [1.54, 1.807) is 13.1 Å². The molecule has 0 radical (unpaired) electrons. The van der Waals surface area contributed by atoms with E-state index in [1.807, 2.05) is 6.07 Å². The second-order valence-corrected chi connectivity index (χ2v) is 4.80. The van der Waals surface area contributed by atoms with Crippen molar-refractivity contribution in [1.82, 2.24) is 0 Å². The van der Waals surface area contributed by atoms with E-state index < -0.39 is 4.92 Å². The standard InChI is InChI=1S/C12H16N2O4S/c1-13-12-9(4-3-5-10(12)14(16)17)8-19-7-6-11(15)18-2/h3-5,13H,6-8H2,1-2H3. The predicted octanol–water partition coefficient (Wildman–Crippen LogP) is 2.43. The van der Waals surface area contributed by atoms with Gasteiger partial charge in [-0.25, -0.2) is 0 Å². The third-order valence-electron chi connectivity index (χ3n) is 2.51. The van der Waals surface area contributed by atoms with Crippen LogP contribution in [0.5, 0.6) is 0 Å². The lowest BCUT2D eigenvalue weighted by Crippen LogP contribution is -2.02. The van der Waals surface area contributed by atoms with Crippen LogP contribution in [0.4, 0.5) is 11.4 Å². The van der Waals surface area contributed by atoms with Gasteiger partial charge in [-0.3, -0.25) is 14.9 Å². The van der Waals surface area contributed by atoms with E-state index >= 15 is 0 Å². The minimum atomic E-state index is -0.408. The van der Waals surface area contributed by atoms with Gasteiger partial charge in [-0.15, -0.1) is 0 Å². The Kier molecular flexibility index (Phi) is 6.14. The molecular formula is C12H16N2O4S. The smallest absolute Gasteiger partial charge is 0.306 e. The first-order valence-corrected chi connectivity index (χ1v) is 6.84. The lowest BCUT2D eigenvalue weighted by Gasteiger charge is -2.09. The summed E-state index contributed by atoms with van der Waals surface area (Å²) in [6, 6.07) is 4.97. The van der Waals surface area contributed by atoms with Gasteiger partial charge in [0.05, 0.1) is 18.5 Å². The van der Waals surface area contributed by atoms with Crippen LogP contribution in [0.1, 0.15) is 12.0 Å². The van der Waals surface area contributed by atoms with Gasteiger partial charge in [0.25, 0.3) is 5.69 Å². The zero-order valence-electron chi connectivity index (χ0n) is 10.8. The zero-order chi connectivity index (χ0) is 14.3. The van der Waals surface area contributed by atoms with Crippen molar-refractivity contribution >= 4 is 29.1 Å². The number of thioether (sulfide) groups is 1. The molecule has 0 unspecified atom stereocenters. The van der Waals surface area contributed by atoms with Crippen molar-refractivity contribution < 1.29 is 14.5 Å². The molecule has 1 aromatic rings. The number of hydrogen-bond acceptors (Lipinski definition) is 6. The van der Waals surface area contributed by atoms with Crippen molar-refractivity contribution in [3.05, 3.63) is 33.9 Å². The summed E-state index contributed by atoms with van der Waals surface area (Å²) in [5.74, 6) is 0.980. The van der Waals surface area contributed by atoms with Crippen molar-refractivity contribution in [3.63, 3.8) is 0 Å². The highest BCUT2D eigenvalue weighted by molar-refractivity contribution is 7.98. The van der Waals surface area contributed by atoms with Gasteiger partial charge in [0, 0.05) is 24.6 Å². The molecule has 19 heavy (non-hydrogen) atoms. The predicted molar refractivity (Wildman–Crippen MR) is 75.4 cm³/mol. The number of carbonyl (C=O) groups is 1. The first-order chi connectivity index (χ1) is 9.10. The highest BCUT2D eigenvalue weighted by Gasteiger charge is 2.15. The van der Waals surface area contributed by atoms with E-state index in [2.05, 4.69) is 10.1 Å². The van der Waals surface area contributed by atoms with Crippen LogP contribution in [-0.4, -0.2) is 30.8 Å². The number of rotatable bonds is 7. The molecule has 0 saturated heterocycles. The first kappa shape index (κ1) is 15.3. The Bertz CT molecular complexity index is 465.